The minimum absolute atomic E-state index is 0. The second-order valence-electron chi connectivity index (χ2n) is 4.62. The summed E-state index contributed by atoms with van der Waals surface area (Å²) in [5.41, 5.74) is 1.00. The Morgan fingerprint density at radius 3 is 2.61 bits per heavy atom. The molecule has 3 rings (SSSR count). The van der Waals surface area contributed by atoms with Crippen molar-refractivity contribution in [3.05, 3.63) is 64.3 Å². The molecule has 3 aromatic rings. The Kier molecular flexibility index (Phi) is 5.31. The minimum atomic E-state index is -0.455. The van der Waals surface area contributed by atoms with E-state index in [2.05, 4.69) is 10.3 Å². The van der Waals surface area contributed by atoms with Gasteiger partial charge in [0.1, 0.15) is 5.52 Å². The fourth-order valence-electron chi connectivity index (χ4n) is 2.09. The summed E-state index contributed by atoms with van der Waals surface area (Å²) in [5, 5.41) is 14.4. The molecule has 23 heavy (non-hydrogen) atoms. The van der Waals surface area contributed by atoms with Gasteiger partial charge in [-0.25, -0.2) is 0 Å². The van der Waals surface area contributed by atoms with E-state index in [4.69, 9.17) is 23.2 Å². The number of pyridine rings is 1. The summed E-state index contributed by atoms with van der Waals surface area (Å²) in [6, 6.07) is 11.6. The van der Waals surface area contributed by atoms with Crippen LogP contribution in [0, 0.1) is 0 Å². The number of halogens is 3. The highest BCUT2D eigenvalue weighted by atomic mass is 35.5. The van der Waals surface area contributed by atoms with Crippen molar-refractivity contribution < 1.29 is 9.90 Å². The van der Waals surface area contributed by atoms with Gasteiger partial charge in [0.2, 0.25) is 0 Å². The first kappa shape index (κ1) is 17.3. The molecule has 1 amide bonds. The number of nitrogens with zero attached hydrogens (tertiary/aromatic N) is 1. The van der Waals surface area contributed by atoms with Crippen molar-refractivity contribution >= 4 is 58.1 Å². The van der Waals surface area contributed by atoms with Crippen LogP contribution >= 0.6 is 35.6 Å². The molecular formula is C16H11Cl3N2O2. The largest absolute Gasteiger partial charge is 0.505 e. The first-order valence-electron chi connectivity index (χ1n) is 6.39. The summed E-state index contributed by atoms with van der Waals surface area (Å²) in [4.78, 5) is 16.4. The van der Waals surface area contributed by atoms with Crippen LogP contribution in [0.3, 0.4) is 0 Å². The third-order valence-electron chi connectivity index (χ3n) is 3.17. The number of nitrogens with one attached hydrogen (secondary N) is 1. The Morgan fingerprint density at radius 2 is 1.87 bits per heavy atom. The highest BCUT2D eigenvalue weighted by molar-refractivity contribution is 6.42. The zero-order chi connectivity index (χ0) is 15.7. The van der Waals surface area contributed by atoms with E-state index in [0.717, 1.165) is 5.39 Å². The molecule has 0 spiro atoms. The van der Waals surface area contributed by atoms with Crippen molar-refractivity contribution in [3.63, 3.8) is 0 Å². The topological polar surface area (TPSA) is 62.2 Å². The van der Waals surface area contributed by atoms with Gasteiger partial charge in [0.05, 0.1) is 15.6 Å². The molecule has 0 saturated heterocycles. The summed E-state index contributed by atoms with van der Waals surface area (Å²) in [5.74, 6) is -0.612. The Hall–Kier alpha value is -2.01. The van der Waals surface area contributed by atoms with Crippen LogP contribution in [0.2, 0.25) is 10.0 Å². The van der Waals surface area contributed by atoms with Crippen molar-refractivity contribution in [2.75, 3.05) is 5.32 Å². The number of fused-ring (bicyclic) bond motifs is 1. The number of hydrogen-bond acceptors (Lipinski definition) is 3. The van der Waals surface area contributed by atoms with Crippen LogP contribution in [0.4, 0.5) is 5.69 Å². The molecule has 2 aromatic carbocycles. The van der Waals surface area contributed by atoms with E-state index in [1.165, 1.54) is 6.07 Å². The number of rotatable bonds is 2. The van der Waals surface area contributed by atoms with E-state index in [-0.39, 0.29) is 23.7 Å². The lowest BCUT2D eigenvalue weighted by atomic mass is 10.1. The number of benzene rings is 2. The maximum atomic E-state index is 12.3. The van der Waals surface area contributed by atoms with Crippen LogP contribution in [0.15, 0.2) is 48.7 Å². The van der Waals surface area contributed by atoms with Gasteiger partial charge in [-0.15, -0.1) is 12.4 Å². The summed E-state index contributed by atoms with van der Waals surface area (Å²) in [6.07, 6.45) is 1.56. The van der Waals surface area contributed by atoms with Gasteiger partial charge in [-0.1, -0.05) is 35.3 Å². The third-order valence-corrected chi connectivity index (χ3v) is 3.91. The average molecular weight is 370 g/mol. The molecule has 0 bridgehead atoms. The van der Waals surface area contributed by atoms with Crippen molar-refractivity contribution in [1.82, 2.24) is 4.98 Å². The average Bonchev–Trinajstić information content (AvgIpc) is 2.51. The molecule has 1 heterocycles. The SMILES string of the molecule is Cl.O=C(Nc1ccc(Cl)c(Cl)c1)c1ccc2cccnc2c1O. The van der Waals surface area contributed by atoms with Gasteiger partial charge in [0, 0.05) is 17.3 Å². The number of aromatic hydroxyl groups is 1. The zero-order valence-corrected chi connectivity index (χ0v) is 13.9. The van der Waals surface area contributed by atoms with Gasteiger partial charge in [0.15, 0.2) is 5.75 Å². The van der Waals surface area contributed by atoms with E-state index in [9.17, 15) is 9.90 Å². The molecule has 0 aliphatic rings. The van der Waals surface area contributed by atoms with Crippen LogP contribution in [0.25, 0.3) is 10.9 Å². The highest BCUT2D eigenvalue weighted by Crippen LogP contribution is 2.29. The Labute approximate surface area is 148 Å². The molecule has 118 valence electrons. The number of carbonyl (C=O) groups excluding carboxylic acids is 1. The molecule has 1 aromatic heterocycles. The van der Waals surface area contributed by atoms with Crippen molar-refractivity contribution in [1.29, 1.82) is 0 Å². The maximum absolute atomic E-state index is 12.3. The monoisotopic (exact) mass is 368 g/mol. The van der Waals surface area contributed by atoms with Crippen molar-refractivity contribution in [2.24, 2.45) is 0 Å². The molecule has 0 saturated carbocycles. The highest BCUT2D eigenvalue weighted by Gasteiger charge is 2.15. The lowest BCUT2D eigenvalue weighted by molar-refractivity contribution is 0.102. The number of aromatic nitrogens is 1. The van der Waals surface area contributed by atoms with Crippen LogP contribution < -0.4 is 5.32 Å². The van der Waals surface area contributed by atoms with Crippen LogP contribution in [-0.4, -0.2) is 16.0 Å². The predicted octanol–water partition coefficient (Wildman–Crippen LogP) is 4.92. The minimum Gasteiger partial charge on any atom is -0.505 e. The van der Waals surface area contributed by atoms with E-state index in [1.807, 2.05) is 6.07 Å². The number of phenolic OH excluding ortho intramolecular Hbond substituents is 1. The van der Waals surface area contributed by atoms with Gasteiger partial charge >= 0.3 is 0 Å². The van der Waals surface area contributed by atoms with Gasteiger partial charge in [-0.05, 0) is 30.3 Å². The van der Waals surface area contributed by atoms with Crippen LogP contribution in [0.5, 0.6) is 5.75 Å². The van der Waals surface area contributed by atoms with Crippen LogP contribution in [-0.2, 0) is 0 Å². The molecule has 7 heteroatoms. The van der Waals surface area contributed by atoms with Gasteiger partial charge in [-0.3, -0.25) is 9.78 Å². The molecular weight excluding hydrogens is 359 g/mol. The molecule has 0 aliphatic heterocycles. The Morgan fingerprint density at radius 1 is 1.09 bits per heavy atom. The van der Waals surface area contributed by atoms with Crippen LogP contribution in [0.1, 0.15) is 10.4 Å². The Bertz CT molecular complexity index is 884. The normalized spacial score (nSPS) is 10.2. The molecule has 0 unspecified atom stereocenters. The number of carbonyl (C=O) groups is 1. The molecule has 0 atom stereocenters. The molecule has 2 N–H and O–H groups in total. The first-order chi connectivity index (χ1) is 10.6. The summed E-state index contributed by atoms with van der Waals surface area (Å²) >= 11 is 11.7. The molecule has 0 aliphatic carbocycles. The van der Waals surface area contributed by atoms with Crippen molar-refractivity contribution in [3.8, 4) is 5.75 Å². The molecule has 4 nitrogen and oxygen atoms in total. The Balaban J connectivity index is 0.00000192. The maximum Gasteiger partial charge on any atom is 0.259 e. The summed E-state index contributed by atoms with van der Waals surface area (Å²) in [7, 11) is 0. The number of phenols is 1. The summed E-state index contributed by atoms with van der Waals surface area (Å²) < 4.78 is 0. The fourth-order valence-corrected chi connectivity index (χ4v) is 2.38. The second-order valence-corrected chi connectivity index (χ2v) is 5.43. The first-order valence-corrected chi connectivity index (χ1v) is 7.15. The number of amides is 1. The molecule has 0 fully saturated rings. The molecule has 0 radical (unpaired) electrons. The lowest BCUT2D eigenvalue weighted by Crippen LogP contribution is -2.12. The number of hydrogen-bond donors (Lipinski definition) is 2. The van der Waals surface area contributed by atoms with E-state index < -0.39 is 5.91 Å². The van der Waals surface area contributed by atoms with E-state index >= 15 is 0 Å². The lowest BCUT2D eigenvalue weighted by Gasteiger charge is -2.09. The van der Waals surface area contributed by atoms with E-state index in [0.29, 0.717) is 21.2 Å². The summed E-state index contributed by atoms with van der Waals surface area (Å²) in [6.45, 7) is 0. The van der Waals surface area contributed by atoms with Crippen molar-refractivity contribution in [2.45, 2.75) is 0 Å². The van der Waals surface area contributed by atoms with E-state index in [1.54, 1.807) is 36.5 Å². The zero-order valence-electron chi connectivity index (χ0n) is 11.6. The second kappa shape index (κ2) is 7.04. The standard InChI is InChI=1S/C16H10Cl2N2O2.ClH/c17-12-6-4-10(8-13(12)18)20-16(22)11-5-3-9-2-1-7-19-14(9)15(11)21;/h1-8,21H,(H,20,22);1H. The van der Waals surface area contributed by atoms with Gasteiger partial charge < -0.3 is 10.4 Å². The number of anilines is 1. The predicted molar refractivity (Wildman–Crippen MR) is 95.1 cm³/mol. The fraction of sp³-hybridized carbons (Fsp3) is 0. The smallest absolute Gasteiger partial charge is 0.259 e. The third kappa shape index (κ3) is 3.50. The quantitative estimate of drug-likeness (QED) is 0.674. The van der Waals surface area contributed by atoms with Gasteiger partial charge in [0.25, 0.3) is 5.91 Å². The van der Waals surface area contributed by atoms with Gasteiger partial charge in [-0.2, -0.15) is 0 Å².